The first-order chi connectivity index (χ1) is 8.52. The summed E-state index contributed by atoms with van der Waals surface area (Å²) >= 11 is 7.12. The molecule has 0 aliphatic carbocycles. The standard InChI is InChI=1S/C11H12ClN3O2S/c1-3-7-5-13-10(18-7)6(2)15-9(16)4-8(12)14-11(15)17/h4-6H,3H2,1-2H3,(H,14,17). The summed E-state index contributed by atoms with van der Waals surface area (Å²) in [6.45, 7) is 3.80. The molecule has 0 bridgehead atoms. The van der Waals surface area contributed by atoms with Crippen LogP contribution in [0.4, 0.5) is 0 Å². The van der Waals surface area contributed by atoms with E-state index in [1.54, 1.807) is 13.1 Å². The Bertz CT molecular complexity index is 642. The Morgan fingerprint density at radius 2 is 2.28 bits per heavy atom. The number of aromatic nitrogens is 3. The molecule has 7 heteroatoms. The smallest absolute Gasteiger partial charge is 0.298 e. The molecule has 0 saturated heterocycles. The van der Waals surface area contributed by atoms with E-state index in [9.17, 15) is 9.59 Å². The van der Waals surface area contributed by atoms with Gasteiger partial charge >= 0.3 is 5.69 Å². The minimum absolute atomic E-state index is 0.0434. The van der Waals surface area contributed by atoms with Crippen molar-refractivity contribution < 1.29 is 0 Å². The molecule has 0 amide bonds. The van der Waals surface area contributed by atoms with Crippen LogP contribution in [0.1, 0.15) is 29.8 Å². The lowest BCUT2D eigenvalue weighted by Gasteiger charge is -2.10. The van der Waals surface area contributed by atoms with E-state index in [0.29, 0.717) is 0 Å². The Kier molecular flexibility index (Phi) is 3.68. The van der Waals surface area contributed by atoms with Gasteiger partial charge in [0.15, 0.2) is 0 Å². The first-order valence-corrected chi connectivity index (χ1v) is 6.68. The van der Waals surface area contributed by atoms with Crippen LogP contribution in [0.2, 0.25) is 5.15 Å². The van der Waals surface area contributed by atoms with Crippen LogP contribution in [0, 0.1) is 0 Å². The van der Waals surface area contributed by atoms with Crippen molar-refractivity contribution >= 4 is 22.9 Å². The van der Waals surface area contributed by atoms with E-state index in [1.165, 1.54) is 17.4 Å². The van der Waals surface area contributed by atoms with Crippen molar-refractivity contribution in [3.63, 3.8) is 0 Å². The second-order valence-electron chi connectivity index (χ2n) is 3.83. The van der Waals surface area contributed by atoms with Gasteiger partial charge in [-0.3, -0.25) is 14.3 Å². The molecule has 0 saturated carbocycles. The SMILES string of the molecule is CCc1cnc(C(C)n2c(=O)cc(Cl)[nH]c2=O)s1. The highest BCUT2D eigenvalue weighted by atomic mass is 35.5. The molecule has 1 atom stereocenters. The number of thiazole rings is 1. The summed E-state index contributed by atoms with van der Waals surface area (Å²) in [5.41, 5.74) is -0.947. The van der Waals surface area contributed by atoms with Crippen molar-refractivity contribution in [2.45, 2.75) is 26.3 Å². The summed E-state index contributed by atoms with van der Waals surface area (Å²) in [4.78, 5) is 31.3. The fourth-order valence-electron chi connectivity index (χ4n) is 1.63. The van der Waals surface area contributed by atoms with Gasteiger partial charge in [0.25, 0.3) is 5.56 Å². The van der Waals surface area contributed by atoms with Crippen LogP contribution < -0.4 is 11.2 Å². The van der Waals surface area contributed by atoms with Gasteiger partial charge in [0, 0.05) is 17.1 Å². The van der Waals surface area contributed by atoms with Crippen LogP contribution in [0.25, 0.3) is 0 Å². The van der Waals surface area contributed by atoms with Crippen molar-refractivity contribution in [3.05, 3.63) is 48.1 Å². The zero-order valence-corrected chi connectivity index (χ0v) is 11.5. The molecule has 2 aromatic rings. The number of hydrogen-bond acceptors (Lipinski definition) is 4. The summed E-state index contributed by atoms with van der Waals surface area (Å²) in [7, 11) is 0. The minimum Gasteiger partial charge on any atom is -0.298 e. The van der Waals surface area contributed by atoms with Gasteiger partial charge < -0.3 is 0 Å². The highest BCUT2D eigenvalue weighted by Crippen LogP contribution is 2.21. The summed E-state index contributed by atoms with van der Waals surface area (Å²) in [6.07, 6.45) is 2.65. The van der Waals surface area contributed by atoms with Crippen LogP contribution in [-0.2, 0) is 6.42 Å². The Morgan fingerprint density at radius 1 is 1.56 bits per heavy atom. The van der Waals surface area contributed by atoms with Gasteiger partial charge in [0.1, 0.15) is 10.2 Å². The quantitative estimate of drug-likeness (QED) is 0.875. The average Bonchev–Trinajstić information content (AvgIpc) is 2.75. The largest absolute Gasteiger partial charge is 0.330 e. The number of hydrogen-bond donors (Lipinski definition) is 1. The molecule has 0 aliphatic rings. The van der Waals surface area contributed by atoms with Crippen molar-refractivity contribution in [2.75, 3.05) is 0 Å². The third-order valence-corrected chi connectivity index (χ3v) is 4.11. The number of nitrogens with one attached hydrogen (secondary N) is 1. The molecular weight excluding hydrogens is 274 g/mol. The molecule has 0 aliphatic heterocycles. The van der Waals surface area contributed by atoms with Crippen LogP contribution in [0.3, 0.4) is 0 Å². The van der Waals surface area contributed by atoms with Crippen LogP contribution in [0.15, 0.2) is 21.9 Å². The average molecular weight is 286 g/mol. The monoisotopic (exact) mass is 285 g/mol. The van der Waals surface area contributed by atoms with Gasteiger partial charge in [0.05, 0.1) is 6.04 Å². The molecule has 2 rings (SSSR count). The summed E-state index contributed by atoms with van der Waals surface area (Å²) < 4.78 is 1.12. The molecule has 5 nitrogen and oxygen atoms in total. The van der Waals surface area contributed by atoms with E-state index >= 15 is 0 Å². The van der Waals surface area contributed by atoms with E-state index in [-0.39, 0.29) is 5.15 Å². The molecule has 18 heavy (non-hydrogen) atoms. The number of nitrogens with zero attached hydrogens (tertiary/aromatic N) is 2. The number of aryl methyl sites for hydroxylation is 1. The van der Waals surface area contributed by atoms with Gasteiger partial charge in [-0.1, -0.05) is 18.5 Å². The molecule has 2 heterocycles. The Balaban J connectivity index is 2.49. The van der Waals surface area contributed by atoms with Gasteiger partial charge in [-0.05, 0) is 13.3 Å². The summed E-state index contributed by atoms with van der Waals surface area (Å²) in [5.74, 6) is 0. The fourth-order valence-corrected chi connectivity index (χ4v) is 2.71. The summed E-state index contributed by atoms with van der Waals surface area (Å²) in [5, 5.41) is 0.781. The zero-order valence-electron chi connectivity index (χ0n) is 9.94. The Hall–Kier alpha value is -1.40. The van der Waals surface area contributed by atoms with E-state index in [4.69, 9.17) is 11.6 Å². The van der Waals surface area contributed by atoms with Crippen molar-refractivity contribution in [1.82, 2.24) is 14.5 Å². The van der Waals surface area contributed by atoms with Crippen molar-refractivity contribution in [2.24, 2.45) is 0 Å². The van der Waals surface area contributed by atoms with E-state index < -0.39 is 17.3 Å². The number of H-pyrrole nitrogens is 1. The van der Waals surface area contributed by atoms with Crippen LogP contribution in [0.5, 0.6) is 0 Å². The predicted octanol–water partition coefficient (Wildman–Crippen LogP) is 1.82. The molecule has 1 N–H and O–H groups in total. The normalized spacial score (nSPS) is 12.6. The van der Waals surface area contributed by atoms with Gasteiger partial charge in [-0.15, -0.1) is 11.3 Å². The second-order valence-corrected chi connectivity index (χ2v) is 5.38. The van der Waals surface area contributed by atoms with Crippen LogP contribution in [-0.4, -0.2) is 14.5 Å². The van der Waals surface area contributed by atoms with E-state index in [0.717, 1.165) is 20.9 Å². The Labute approximate surface area is 112 Å². The highest BCUT2D eigenvalue weighted by molar-refractivity contribution is 7.11. The van der Waals surface area contributed by atoms with Gasteiger partial charge in [-0.25, -0.2) is 9.78 Å². The van der Waals surface area contributed by atoms with Crippen LogP contribution >= 0.6 is 22.9 Å². The van der Waals surface area contributed by atoms with Crippen molar-refractivity contribution in [3.8, 4) is 0 Å². The molecule has 0 spiro atoms. The molecule has 1 unspecified atom stereocenters. The summed E-state index contributed by atoms with van der Waals surface area (Å²) in [6, 6.07) is 0.789. The second kappa shape index (κ2) is 5.07. The third-order valence-electron chi connectivity index (χ3n) is 2.60. The number of halogens is 1. The maximum Gasteiger partial charge on any atom is 0.330 e. The lowest BCUT2D eigenvalue weighted by Crippen LogP contribution is -2.36. The lowest BCUT2D eigenvalue weighted by atomic mass is 10.3. The highest BCUT2D eigenvalue weighted by Gasteiger charge is 2.16. The first kappa shape index (κ1) is 13.0. The van der Waals surface area contributed by atoms with Gasteiger partial charge in [-0.2, -0.15) is 0 Å². The third kappa shape index (κ3) is 2.39. The topological polar surface area (TPSA) is 67.8 Å². The van der Waals surface area contributed by atoms with E-state index in [2.05, 4.69) is 9.97 Å². The lowest BCUT2D eigenvalue weighted by molar-refractivity contribution is 0.575. The number of aromatic amines is 1. The molecule has 0 aromatic carbocycles. The van der Waals surface area contributed by atoms with Crippen molar-refractivity contribution in [1.29, 1.82) is 0 Å². The zero-order chi connectivity index (χ0) is 13.3. The Morgan fingerprint density at radius 3 is 2.83 bits per heavy atom. The molecule has 96 valence electrons. The number of rotatable bonds is 3. The molecule has 0 radical (unpaired) electrons. The first-order valence-electron chi connectivity index (χ1n) is 5.49. The molecular formula is C11H12ClN3O2S. The van der Waals surface area contributed by atoms with E-state index in [1.807, 2.05) is 6.92 Å². The maximum atomic E-state index is 11.8. The molecule has 2 aromatic heterocycles. The van der Waals surface area contributed by atoms with Gasteiger partial charge in [0.2, 0.25) is 0 Å². The fraction of sp³-hybridized carbons (Fsp3) is 0.364. The minimum atomic E-state index is -0.520. The predicted molar refractivity (Wildman–Crippen MR) is 71.6 cm³/mol. The molecule has 0 fully saturated rings. The maximum absolute atomic E-state index is 11.8.